The van der Waals surface area contributed by atoms with Gasteiger partial charge in [-0.3, -0.25) is 15.8 Å². The van der Waals surface area contributed by atoms with Gasteiger partial charge >= 0.3 is 0 Å². The maximum absolute atomic E-state index is 5.39. The molecule has 2 N–H and O–H groups in total. The lowest BCUT2D eigenvalue weighted by Crippen LogP contribution is -2.21. The predicted molar refractivity (Wildman–Crippen MR) is 94.7 cm³/mol. The molecule has 4 rings (SSSR count). The third-order valence-electron chi connectivity index (χ3n) is 4.45. The average Bonchev–Trinajstić information content (AvgIpc) is 3.35. The highest BCUT2D eigenvalue weighted by Gasteiger charge is 2.18. The van der Waals surface area contributed by atoms with Crippen molar-refractivity contribution < 1.29 is 4.52 Å². The van der Waals surface area contributed by atoms with E-state index in [2.05, 4.69) is 50.2 Å². The average molecular weight is 335 g/mol. The molecule has 3 aromatic rings. The highest BCUT2D eigenvalue weighted by atomic mass is 16.5. The lowest BCUT2D eigenvalue weighted by Gasteiger charge is -2.06. The van der Waals surface area contributed by atoms with E-state index in [0.717, 1.165) is 49.4 Å². The Labute approximate surface area is 146 Å². The molecule has 0 unspecified atom stereocenters. The first kappa shape index (κ1) is 15.9. The third kappa shape index (κ3) is 3.92. The first-order chi connectivity index (χ1) is 12.4. The van der Waals surface area contributed by atoms with Gasteiger partial charge in [-0.2, -0.15) is 4.98 Å². The Kier molecular flexibility index (Phi) is 4.81. The molecule has 1 aliphatic rings. The highest BCUT2D eigenvalue weighted by molar-refractivity contribution is 5.51. The monoisotopic (exact) mass is 335 g/mol. The van der Waals surface area contributed by atoms with Gasteiger partial charge in [-0.25, -0.2) is 0 Å². The van der Waals surface area contributed by atoms with Gasteiger partial charge < -0.3 is 4.52 Å². The summed E-state index contributed by atoms with van der Waals surface area (Å²) in [6, 6.07) is 14.5. The van der Waals surface area contributed by atoms with E-state index in [1.165, 1.54) is 5.56 Å². The molecular weight excluding hydrogens is 314 g/mol. The van der Waals surface area contributed by atoms with Crippen LogP contribution in [0.15, 0.2) is 53.2 Å². The second kappa shape index (κ2) is 7.55. The topological polar surface area (TPSA) is 75.9 Å². The molecule has 1 aromatic carbocycles. The Hall–Kier alpha value is -2.57. The van der Waals surface area contributed by atoms with E-state index in [9.17, 15) is 0 Å². The Morgan fingerprint density at radius 2 is 1.84 bits per heavy atom. The van der Waals surface area contributed by atoms with E-state index in [-0.39, 0.29) is 0 Å². The van der Waals surface area contributed by atoms with Crippen molar-refractivity contribution in [1.29, 1.82) is 0 Å². The summed E-state index contributed by atoms with van der Waals surface area (Å²) in [6.07, 6.45) is 4.64. The summed E-state index contributed by atoms with van der Waals surface area (Å²) in [7, 11) is 0. The SMILES string of the molecule is c1ccc(CCCc2noc(-c3ccc(C4CNNC4)nc3)n2)cc1. The van der Waals surface area contributed by atoms with Crippen LogP contribution >= 0.6 is 0 Å². The van der Waals surface area contributed by atoms with Crippen molar-refractivity contribution in [3.8, 4) is 11.5 Å². The zero-order valence-electron chi connectivity index (χ0n) is 14.0. The summed E-state index contributed by atoms with van der Waals surface area (Å²) >= 11 is 0. The van der Waals surface area contributed by atoms with Gasteiger partial charge in [-0.05, 0) is 30.5 Å². The number of nitrogens with one attached hydrogen (secondary N) is 2. The van der Waals surface area contributed by atoms with Crippen LogP contribution in [0.3, 0.4) is 0 Å². The normalized spacial score (nSPS) is 14.9. The van der Waals surface area contributed by atoms with Crippen LogP contribution in [-0.2, 0) is 12.8 Å². The van der Waals surface area contributed by atoms with E-state index in [1.54, 1.807) is 0 Å². The fourth-order valence-corrected chi connectivity index (χ4v) is 3.01. The summed E-state index contributed by atoms with van der Waals surface area (Å²) < 4.78 is 5.39. The smallest absolute Gasteiger partial charge is 0.259 e. The second-order valence-corrected chi connectivity index (χ2v) is 6.29. The fourth-order valence-electron chi connectivity index (χ4n) is 3.01. The van der Waals surface area contributed by atoms with Gasteiger partial charge in [-0.1, -0.05) is 35.5 Å². The summed E-state index contributed by atoms with van der Waals surface area (Å²) in [5.41, 5.74) is 9.52. The number of hydrogen-bond donors (Lipinski definition) is 2. The van der Waals surface area contributed by atoms with Crippen molar-refractivity contribution in [1.82, 2.24) is 26.0 Å². The van der Waals surface area contributed by atoms with Gasteiger partial charge in [0.05, 0.1) is 5.56 Å². The van der Waals surface area contributed by atoms with Crippen molar-refractivity contribution in [3.05, 3.63) is 65.7 Å². The number of hydrogen-bond acceptors (Lipinski definition) is 6. The molecular formula is C19H21N5O. The van der Waals surface area contributed by atoms with Crippen LogP contribution in [0.1, 0.15) is 29.4 Å². The number of nitrogens with zero attached hydrogens (tertiary/aromatic N) is 3. The van der Waals surface area contributed by atoms with Crippen molar-refractivity contribution >= 4 is 0 Å². The van der Waals surface area contributed by atoms with Crippen LogP contribution in [0, 0.1) is 0 Å². The maximum Gasteiger partial charge on any atom is 0.259 e. The van der Waals surface area contributed by atoms with E-state index >= 15 is 0 Å². The molecule has 2 aromatic heterocycles. The number of hydrazine groups is 1. The van der Waals surface area contributed by atoms with E-state index in [1.807, 2.05) is 24.4 Å². The zero-order chi connectivity index (χ0) is 16.9. The molecule has 0 saturated carbocycles. The molecule has 0 atom stereocenters. The molecule has 1 aliphatic heterocycles. The molecule has 1 fully saturated rings. The summed E-state index contributed by atoms with van der Waals surface area (Å²) in [5, 5.41) is 4.09. The summed E-state index contributed by atoms with van der Waals surface area (Å²) in [5.74, 6) is 1.70. The molecule has 6 heteroatoms. The van der Waals surface area contributed by atoms with Crippen LogP contribution < -0.4 is 10.9 Å². The first-order valence-corrected chi connectivity index (χ1v) is 8.67. The van der Waals surface area contributed by atoms with Gasteiger partial charge in [0.15, 0.2) is 5.82 Å². The zero-order valence-corrected chi connectivity index (χ0v) is 14.0. The van der Waals surface area contributed by atoms with Crippen LogP contribution in [-0.4, -0.2) is 28.2 Å². The van der Waals surface area contributed by atoms with E-state index in [0.29, 0.717) is 11.8 Å². The van der Waals surface area contributed by atoms with Gasteiger partial charge in [0.25, 0.3) is 5.89 Å². The first-order valence-electron chi connectivity index (χ1n) is 8.67. The summed E-state index contributed by atoms with van der Waals surface area (Å²) in [4.78, 5) is 9.04. The minimum atomic E-state index is 0.408. The molecule has 3 heterocycles. The number of aryl methyl sites for hydroxylation is 2. The van der Waals surface area contributed by atoms with Crippen molar-refractivity contribution in [2.75, 3.05) is 13.1 Å². The minimum absolute atomic E-state index is 0.408. The fraction of sp³-hybridized carbons (Fsp3) is 0.316. The number of benzene rings is 1. The van der Waals surface area contributed by atoms with Crippen molar-refractivity contribution in [2.24, 2.45) is 0 Å². The molecule has 128 valence electrons. The van der Waals surface area contributed by atoms with Crippen molar-refractivity contribution in [3.63, 3.8) is 0 Å². The van der Waals surface area contributed by atoms with Gasteiger partial charge in [0.1, 0.15) is 0 Å². The third-order valence-corrected chi connectivity index (χ3v) is 4.45. The number of rotatable bonds is 6. The van der Waals surface area contributed by atoms with Gasteiger partial charge in [0.2, 0.25) is 0 Å². The van der Waals surface area contributed by atoms with Crippen LogP contribution in [0.25, 0.3) is 11.5 Å². The van der Waals surface area contributed by atoms with Gasteiger partial charge in [0, 0.05) is 37.3 Å². The van der Waals surface area contributed by atoms with Crippen LogP contribution in [0.4, 0.5) is 0 Å². The lowest BCUT2D eigenvalue weighted by atomic mass is 10.1. The standard InChI is InChI=1S/C19H21N5O/c1-2-5-14(6-3-1)7-4-8-18-23-19(25-24-18)15-9-10-17(20-11-15)16-12-21-22-13-16/h1-3,5-6,9-11,16,21-22H,4,7-8,12-13H2. The Bertz CT molecular complexity index is 794. The van der Waals surface area contributed by atoms with E-state index in [4.69, 9.17) is 4.52 Å². The molecule has 25 heavy (non-hydrogen) atoms. The lowest BCUT2D eigenvalue weighted by molar-refractivity contribution is 0.421. The highest BCUT2D eigenvalue weighted by Crippen LogP contribution is 2.20. The molecule has 0 radical (unpaired) electrons. The van der Waals surface area contributed by atoms with Crippen LogP contribution in [0.5, 0.6) is 0 Å². The quantitative estimate of drug-likeness (QED) is 0.721. The number of aromatic nitrogens is 3. The molecule has 0 spiro atoms. The second-order valence-electron chi connectivity index (χ2n) is 6.29. The summed E-state index contributed by atoms with van der Waals surface area (Å²) in [6.45, 7) is 1.80. The Morgan fingerprint density at radius 3 is 2.60 bits per heavy atom. The van der Waals surface area contributed by atoms with E-state index < -0.39 is 0 Å². The largest absolute Gasteiger partial charge is 0.334 e. The number of pyridine rings is 1. The minimum Gasteiger partial charge on any atom is -0.334 e. The molecule has 1 saturated heterocycles. The molecule has 0 amide bonds. The maximum atomic E-state index is 5.39. The predicted octanol–water partition coefficient (Wildman–Crippen LogP) is 2.50. The molecule has 6 nitrogen and oxygen atoms in total. The molecule has 0 bridgehead atoms. The van der Waals surface area contributed by atoms with Crippen molar-refractivity contribution in [2.45, 2.75) is 25.2 Å². The van der Waals surface area contributed by atoms with Crippen LogP contribution in [0.2, 0.25) is 0 Å². The Morgan fingerprint density at radius 1 is 1.00 bits per heavy atom. The molecule has 0 aliphatic carbocycles. The Balaban J connectivity index is 1.35. The van der Waals surface area contributed by atoms with Gasteiger partial charge in [-0.15, -0.1) is 0 Å².